The van der Waals surface area contributed by atoms with Crippen LogP contribution in [-0.4, -0.2) is 39.2 Å². The maximum absolute atomic E-state index is 12.9. The Bertz CT molecular complexity index is 1320. The summed E-state index contributed by atoms with van der Waals surface area (Å²) in [6.45, 7) is 5.35. The van der Waals surface area contributed by atoms with Crippen molar-refractivity contribution in [3.63, 3.8) is 0 Å². The molecule has 0 radical (unpaired) electrons. The van der Waals surface area contributed by atoms with Crippen molar-refractivity contribution < 1.29 is 19.1 Å². The summed E-state index contributed by atoms with van der Waals surface area (Å²) in [5, 5.41) is 8.85. The van der Waals surface area contributed by atoms with Gasteiger partial charge in [-0.05, 0) is 38.3 Å². The molecule has 33 heavy (non-hydrogen) atoms. The number of carbonyl (C=O) groups is 3. The molecule has 1 aromatic carbocycles. The number of fused-ring (bicyclic) bond motifs is 1. The maximum atomic E-state index is 12.9. The van der Waals surface area contributed by atoms with Gasteiger partial charge < -0.3 is 4.74 Å². The second-order valence-corrected chi connectivity index (χ2v) is 8.72. The van der Waals surface area contributed by atoms with Crippen molar-refractivity contribution in [1.29, 1.82) is 0 Å². The molecule has 2 amide bonds. The summed E-state index contributed by atoms with van der Waals surface area (Å²) in [6.07, 6.45) is 1.57. The minimum Gasteiger partial charge on any atom is -0.452 e. The van der Waals surface area contributed by atoms with E-state index in [4.69, 9.17) is 9.72 Å². The van der Waals surface area contributed by atoms with Crippen molar-refractivity contribution >= 4 is 40.2 Å². The Kier molecular flexibility index (Phi) is 6.32. The van der Waals surface area contributed by atoms with Crippen LogP contribution in [0.2, 0.25) is 0 Å². The Morgan fingerprint density at radius 2 is 1.91 bits per heavy atom. The zero-order valence-electron chi connectivity index (χ0n) is 18.4. The van der Waals surface area contributed by atoms with E-state index in [2.05, 4.69) is 10.4 Å². The highest BCUT2D eigenvalue weighted by molar-refractivity contribution is 7.12. The van der Waals surface area contributed by atoms with E-state index in [1.807, 2.05) is 45.0 Å². The molecular formula is C24H22N4O4S. The summed E-state index contributed by atoms with van der Waals surface area (Å²) < 4.78 is 6.96. The Balaban J connectivity index is 1.60. The Hall–Kier alpha value is -3.85. The fourth-order valence-electron chi connectivity index (χ4n) is 3.28. The summed E-state index contributed by atoms with van der Waals surface area (Å²) in [5.41, 5.74) is 3.34. The molecule has 8 nitrogen and oxygen atoms in total. The number of ether oxygens (including phenoxy) is 1. The molecule has 0 aliphatic carbocycles. The number of hydrogen-bond acceptors (Lipinski definition) is 7. The first-order valence-electron chi connectivity index (χ1n) is 10.3. The highest BCUT2D eigenvalue weighted by Crippen LogP contribution is 2.27. The molecule has 168 valence electrons. The third-order valence-corrected chi connectivity index (χ3v) is 5.82. The highest BCUT2D eigenvalue weighted by atomic mass is 32.1. The molecule has 0 saturated carbocycles. The first kappa shape index (κ1) is 22.3. The van der Waals surface area contributed by atoms with Crippen LogP contribution >= 0.6 is 11.3 Å². The molecule has 0 bridgehead atoms. The molecular weight excluding hydrogens is 440 g/mol. The fourth-order valence-corrected chi connectivity index (χ4v) is 3.90. The van der Waals surface area contributed by atoms with Crippen LogP contribution in [0, 0.1) is 6.92 Å². The summed E-state index contributed by atoms with van der Waals surface area (Å²) in [7, 11) is 0. The van der Waals surface area contributed by atoms with E-state index in [0.717, 1.165) is 11.1 Å². The predicted molar refractivity (Wildman–Crippen MR) is 125 cm³/mol. The topological polar surface area (TPSA) is 103 Å². The number of carbonyl (C=O) groups excluding carboxylic acids is 3. The van der Waals surface area contributed by atoms with Gasteiger partial charge in [-0.2, -0.15) is 5.10 Å². The van der Waals surface area contributed by atoms with Crippen molar-refractivity contribution in [3.8, 4) is 11.3 Å². The van der Waals surface area contributed by atoms with Gasteiger partial charge in [0.25, 0.3) is 11.8 Å². The quantitative estimate of drug-likeness (QED) is 0.432. The van der Waals surface area contributed by atoms with E-state index in [9.17, 15) is 14.4 Å². The number of benzene rings is 1. The lowest BCUT2D eigenvalue weighted by atomic mass is 10.1. The van der Waals surface area contributed by atoms with Crippen molar-refractivity contribution in [1.82, 2.24) is 20.1 Å². The van der Waals surface area contributed by atoms with Crippen LogP contribution in [0.3, 0.4) is 0 Å². The van der Waals surface area contributed by atoms with Crippen LogP contribution in [0.4, 0.5) is 0 Å². The number of nitrogens with zero attached hydrogens (tertiary/aromatic N) is 3. The number of amides is 2. The molecule has 0 fully saturated rings. The van der Waals surface area contributed by atoms with Crippen molar-refractivity contribution in [2.45, 2.75) is 26.8 Å². The number of nitrogens with one attached hydrogen (secondary N) is 1. The molecule has 4 aromatic rings. The highest BCUT2D eigenvalue weighted by Gasteiger charge is 2.21. The molecule has 0 atom stereocenters. The van der Waals surface area contributed by atoms with Gasteiger partial charge in [0.1, 0.15) is 0 Å². The third kappa shape index (κ3) is 4.83. The summed E-state index contributed by atoms with van der Waals surface area (Å²) in [5.74, 6) is -1.93. The van der Waals surface area contributed by atoms with Crippen molar-refractivity contribution in [2.24, 2.45) is 0 Å². The minimum absolute atomic E-state index is 0.0289. The molecule has 0 spiro atoms. The van der Waals surface area contributed by atoms with Gasteiger partial charge in [-0.1, -0.05) is 35.9 Å². The lowest BCUT2D eigenvalue weighted by Gasteiger charge is -2.11. The minimum atomic E-state index is -0.705. The number of rotatable bonds is 6. The van der Waals surface area contributed by atoms with E-state index in [1.165, 1.54) is 11.3 Å². The monoisotopic (exact) mass is 462 g/mol. The number of thiophene rings is 1. The maximum Gasteiger partial charge on any atom is 0.339 e. The number of imide groups is 1. The second kappa shape index (κ2) is 9.33. The first-order valence-corrected chi connectivity index (χ1v) is 11.2. The van der Waals surface area contributed by atoms with Crippen LogP contribution in [-0.2, 0) is 9.53 Å². The zero-order chi connectivity index (χ0) is 23.5. The number of aromatic nitrogens is 3. The van der Waals surface area contributed by atoms with Crippen LogP contribution < -0.4 is 5.32 Å². The van der Waals surface area contributed by atoms with Gasteiger partial charge in [-0.3, -0.25) is 14.9 Å². The summed E-state index contributed by atoms with van der Waals surface area (Å²) >= 11 is 1.21. The van der Waals surface area contributed by atoms with Crippen molar-refractivity contribution in [3.05, 3.63) is 70.0 Å². The number of esters is 1. The summed E-state index contributed by atoms with van der Waals surface area (Å²) in [6, 6.07) is 12.8. The predicted octanol–water partition coefficient (Wildman–Crippen LogP) is 4.16. The SMILES string of the molecule is Cc1ccc(-c2cc(C(=O)OCC(=O)NC(=O)c3cccs3)c3cnn(C(C)C)c3n2)cc1. The Morgan fingerprint density at radius 1 is 1.15 bits per heavy atom. The van der Waals surface area contributed by atoms with Crippen LogP contribution in [0.25, 0.3) is 22.3 Å². The van der Waals surface area contributed by atoms with E-state index < -0.39 is 24.4 Å². The van der Waals surface area contributed by atoms with Crippen LogP contribution in [0.5, 0.6) is 0 Å². The van der Waals surface area contributed by atoms with E-state index >= 15 is 0 Å². The zero-order valence-corrected chi connectivity index (χ0v) is 19.2. The lowest BCUT2D eigenvalue weighted by molar-refractivity contribution is -0.123. The van der Waals surface area contributed by atoms with E-state index in [0.29, 0.717) is 21.6 Å². The smallest absolute Gasteiger partial charge is 0.339 e. The Morgan fingerprint density at radius 3 is 2.58 bits per heavy atom. The van der Waals surface area contributed by atoms with Gasteiger partial charge >= 0.3 is 5.97 Å². The van der Waals surface area contributed by atoms with Gasteiger partial charge in [0.05, 0.1) is 27.7 Å². The first-order chi connectivity index (χ1) is 15.8. The second-order valence-electron chi connectivity index (χ2n) is 7.77. The molecule has 3 aromatic heterocycles. The standard InChI is InChI=1S/C24H22N4O4S/c1-14(2)28-22-18(12-25-28)17(11-19(26-22)16-8-6-15(3)7-9-16)24(31)32-13-21(29)27-23(30)20-5-4-10-33-20/h4-12,14H,13H2,1-3H3,(H,27,29,30). The molecule has 0 aliphatic heterocycles. The molecule has 0 saturated heterocycles. The van der Waals surface area contributed by atoms with Crippen molar-refractivity contribution in [2.75, 3.05) is 6.61 Å². The normalized spacial score (nSPS) is 11.0. The largest absolute Gasteiger partial charge is 0.452 e. The molecule has 0 aliphatic rings. The molecule has 0 unspecified atom stereocenters. The molecule has 4 rings (SSSR count). The lowest BCUT2D eigenvalue weighted by Crippen LogP contribution is -2.33. The van der Waals surface area contributed by atoms with Gasteiger partial charge in [0.2, 0.25) is 0 Å². The number of hydrogen-bond donors (Lipinski definition) is 1. The van der Waals surface area contributed by atoms with Gasteiger partial charge in [-0.15, -0.1) is 11.3 Å². The van der Waals surface area contributed by atoms with E-state index in [-0.39, 0.29) is 11.6 Å². The van der Waals surface area contributed by atoms with E-state index in [1.54, 1.807) is 34.5 Å². The van der Waals surface area contributed by atoms with Crippen LogP contribution in [0.1, 0.15) is 45.5 Å². The van der Waals surface area contributed by atoms with Gasteiger partial charge in [-0.25, -0.2) is 14.5 Å². The van der Waals surface area contributed by atoms with Crippen LogP contribution in [0.15, 0.2) is 54.0 Å². The Labute approximate surface area is 194 Å². The van der Waals surface area contributed by atoms with Gasteiger partial charge in [0.15, 0.2) is 12.3 Å². The number of aryl methyl sites for hydroxylation is 1. The average molecular weight is 463 g/mol. The molecule has 9 heteroatoms. The average Bonchev–Trinajstić information content (AvgIpc) is 3.47. The van der Waals surface area contributed by atoms with Gasteiger partial charge in [0, 0.05) is 11.6 Å². The summed E-state index contributed by atoms with van der Waals surface area (Å²) in [4.78, 5) is 42.2. The fraction of sp³-hybridized carbons (Fsp3) is 0.208. The number of pyridine rings is 1. The molecule has 3 heterocycles. The molecule has 1 N–H and O–H groups in total. The third-order valence-electron chi connectivity index (χ3n) is 4.96.